The van der Waals surface area contributed by atoms with E-state index >= 15 is 0 Å². The van der Waals surface area contributed by atoms with E-state index in [1.165, 1.54) is 19.1 Å². The normalized spacial score (nSPS) is 31.2. The van der Waals surface area contributed by atoms with E-state index in [0.29, 0.717) is 12.5 Å². The first-order chi connectivity index (χ1) is 8.46. The summed E-state index contributed by atoms with van der Waals surface area (Å²) in [6.45, 7) is 2.84. The molecule has 2 aliphatic heterocycles. The highest BCUT2D eigenvalue weighted by atomic mass is 32.2. The molecule has 0 bridgehead atoms. The zero-order valence-corrected chi connectivity index (χ0v) is 11.9. The molecular formula is C12H24N2O3S. The van der Waals surface area contributed by atoms with Crippen LogP contribution >= 0.6 is 0 Å². The summed E-state index contributed by atoms with van der Waals surface area (Å²) in [4.78, 5) is 2.46. The predicted molar refractivity (Wildman–Crippen MR) is 71.3 cm³/mol. The molecule has 0 radical (unpaired) electrons. The first kappa shape index (κ1) is 14.2. The number of sulfone groups is 1. The third-order valence-electron chi connectivity index (χ3n) is 3.95. The van der Waals surface area contributed by atoms with Crippen LogP contribution in [0.15, 0.2) is 0 Å². The van der Waals surface area contributed by atoms with Gasteiger partial charge in [0.05, 0.1) is 12.7 Å². The Morgan fingerprint density at radius 3 is 3.00 bits per heavy atom. The predicted octanol–water partition coefficient (Wildman–Crippen LogP) is 0.00170. The summed E-state index contributed by atoms with van der Waals surface area (Å²) in [5, 5.41) is 0. The van der Waals surface area contributed by atoms with Gasteiger partial charge in [0, 0.05) is 30.6 Å². The highest BCUT2D eigenvalue weighted by Gasteiger charge is 2.34. The van der Waals surface area contributed by atoms with E-state index in [1.54, 1.807) is 0 Å². The molecule has 0 amide bonds. The maximum atomic E-state index is 11.1. The van der Waals surface area contributed by atoms with Crippen LogP contribution in [0, 0.1) is 0 Å². The van der Waals surface area contributed by atoms with Crippen molar-refractivity contribution in [3.8, 4) is 0 Å². The molecule has 0 aromatic carbocycles. The van der Waals surface area contributed by atoms with Crippen LogP contribution in [0.3, 0.4) is 0 Å². The molecule has 18 heavy (non-hydrogen) atoms. The van der Waals surface area contributed by atoms with Crippen LogP contribution in [0.2, 0.25) is 0 Å². The average Bonchev–Trinajstić information content (AvgIpc) is 2.73. The van der Waals surface area contributed by atoms with Gasteiger partial charge in [0.25, 0.3) is 0 Å². The van der Waals surface area contributed by atoms with Gasteiger partial charge in [-0.2, -0.15) is 0 Å². The molecule has 2 rings (SSSR count). The number of nitrogens with zero attached hydrogens (tertiary/aromatic N) is 1. The topological polar surface area (TPSA) is 72.6 Å². The molecular weight excluding hydrogens is 252 g/mol. The van der Waals surface area contributed by atoms with E-state index in [4.69, 9.17) is 10.5 Å². The van der Waals surface area contributed by atoms with Crippen LogP contribution in [0.25, 0.3) is 0 Å². The van der Waals surface area contributed by atoms with Crippen molar-refractivity contribution in [1.82, 2.24) is 4.90 Å². The molecule has 3 unspecified atom stereocenters. The van der Waals surface area contributed by atoms with Crippen LogP contribution in [-0.4, -0.2) is 63.2 Å². The first-order valence-electron chi connectivity index (χ1n) is 6.74. The van der Waals surface area contributed by atoms with Crippen LogP contribution in [0.4, 0.5) is 0 Å². The zero-order valence-electron chi connectivity index (χ0n) is 11.0. The molecule has 0 aromatic heterocycles. The van der Waals surface area contributed by atoms with E-state index in [9.17, 15) is 8.42 Å². The SMILES string of the molecule is CS(=O)(=O)CCCC(N)C1CN2CCCC2CO1. The molecule has 6 heteroatoms. The van der Waals surface area contributed by atoms with E-state index in [2.05, 4.69) is 4.90 Å². The molecule has 0 aromatic rings. The molecule has 0 spiro atoms. The van der Waals surface area contributed by atoms with Crippen molar-refractivity contribution in [2.45, 2.75) is 43.9 Å². The standard InChI is InChI=1S/C12H24N2O3S/c1-18(15,16)7-3-5-11(13)12-8-14-6-2-4-10(14)9-17-12/h10-12H,2-9,13H2,1H3. The Balaban J connectivity index is 1.74. The summed E-state index contributed by atoms with van der Waals surface area (Å²) in [5.74, 6) is 0.222. The van der Waals surface area contributed by atoms with E-state index in [-0.39, 0.29) is 17.9 Å². The third-order valence-corrected chi connectivity index (χ3v) is 4.98. The summed E-state index contributed by atoms with van der Waals surface area (Å²) >= 11 is 0. The van der Waals surface area contributed by atoms with Crippen molar-refractivity contribution in [3.63, 3.8) is 0 Å². The second-order valence-corrected chi connectivity index (χ2v) is 7.86. The van der Waals surface area contributed by atoms with Gasteiger partial charge in [-0.15, -0.1) is 0 Å². The van der Waals surface area contributed by atoms with Crippen molar-refractivity contribution < 1.29 is 13.2 Å². The lowest BCUT2D eigenvalue weighted by Gasteiger charge is -2.37. The largest absolute Gasteiger partial charge is 0.374 e. The van der Waals surface area contributed by atoms with Gasteiger partial charge in [-0.1, -0.05) is 0 Å². The minimum Gasteiger partial charge on any atom is -0.374 e. The van der Waals surface area contributed by atoms with E-state index in [0.717, 1.165) is 26.1 Å². The summed E-state index contributed by atoms with van der Waals surface area (Å²) in [6, 6.07) is 0.540. The monoisotopic (exact) mass is 276 g/mol. The Bertz CT molecular complexity index is 372. The summed E-state index contributed by atoms with van der Waals surface area (Å²) in [7, 11) is -2.87. The van der Waals surface area contributed by atoms with Gasteiger partial charge in [-0.25, -0.2) is 8.42 Å². The van der Waals surface area contributed by atoms with Crippen molar-refractivity contribution >= 4 is 9.84 Å². The van der Waals surface area contributed by atoms with Gasteiger partial charge in [0.1, 0.15) is 9.84 Å². The lowest BCUT2D eigenvalue weighted by atomic mass is 10.0. The molecule has 0 saturated carbocycles. The van der Waals surface area contributed by atoms with Crippen molar-refractivity contribution in [2.75, 3.05) is 31.7 Å². The van der Waals surface area contributed by atoms with Gasteiger partial charge in [-0.05, 0) is 32.2 Å². The Hall–Kier alpha value is -0.170. The van der Waals surface area contributed by atoms with E-state index in [1.807, 2.05) is 0 Å². The molecule has 2 saturated heterocycles. The van der Waals surface area contributed by atoms with Crippen molar-refractivity contribution in [1.29, 1.82) is 0 Å². The fourth-order valence-corrected chi connectivity index (χ4v) is 3.56. The number of nitrogens with two attached hydrogens (primary N) is 1. The smallest absolute Gasteiger partial charge is 0.147 e. The van der Waals surface area contributed by atoms with Crippen LogP contribution in [-0.2, 0) is 14.6 Å². The highest BCUT2D eigenvalue weighted by Crippen LogP contribution is 2.24. The van der Waals surface area contributed by atoms with Crippen molar-refractivity contribution in [3.05, 3.63) is 0 Å². The first-order valence-corrected chi connectivity index (χ1v) is 8.81. The Morgan fingerprint density at radius 1 is 1.50 bits per heavy atom. The second-order valence-electron chi connectivity index (χ2n) is 5.60. The Labute approximate surface area is 110 Å². The number of rotatable bonds is 5. The molecule has 106 valence electrons. The van der Waals surface area contributed by atoms with Crippen LogP contribution in [0.5, 0.6) is 0 Å². The molecule has 0 aliphatic carbocycles. The lowest BCUT2D eigenvalue weighted by molar-refractivity contribution is -0.0600. The molecule has 2 N–H and O–H groups in total. The summed E-state index contributed by atoms with van der Waals surface area (Å²) < 4.78 is 27.9. The molecule has 2 aliphatic rings. The van der Waals surface area contributed by atoms with Gasteiger partial charge in [0.15, 0.2) is 0 Å². The lowest BCUT2D eigenvalue weighted by Crippen LogP contribution is -2.52. The highest BCUT2D eigenvalue weighted by molar-refractivity contribution is 7.90. The quantitative estimate of drug-likeness (QED) is 0.765. The maximum absolute atomic E-state index is 11.1. The zero-order chi connectivity index (χ0) is 13.2. The summed E-state index contributed by atoms with van der Waals surface area (Å²) in [5.41, 5.74) is 6.11. The summed E-state index contributed by atoms with van der Waals surface area (Å²) in [6.07, 6.45) is 5.17. The Kier molecular flexibility index (Phi) is 4.64. The van der Waals surface area contributed by atoms with Gasteiger partial charge >= 0.3 is 0 Å². The molecule has 2 heterocycles. The number of fused-ring (bicyclic) bond motifs is 1. The minimum absolute atomic E-state index is 0.0479. The third kappa shape index (κ3) is 3.91. The number of hydrogen-bond donors (Lipinski definition) is 1. The Morgan fingerprint density at radius 2 is 2.28 bits per heavy atom. The number of ether oxygens (including phenoxy) is 1. The number of hydrogen-bond acceptors (Lipinski definition) is 5. The molecule has 3 atom stereocenters. The van der Waals surface area contributed by atoms with Gasteiger partial charge in [-0.3, -0.25) is 4.90 Å². The molecule has 5 nitrogen and oxygen atoms in total. The maximum Gasteiger partial charge on any atom is 0.147 e. The van der Waals surface area contributed by atoms with Crippen LogP contribution in [0.1, 0.15) is 25.7 Å². The van der Waals surface area contributed by atoms with E-state index < -0.39 is 9.84 Å². The van der Waals surface area contributed by atoms with Crippen molar-refractivity contribution in [2.24, 2.45) is 5.73 Å². The number of morpholine rings is 1. The minimum atomic E-state index is -2.87. The average molecular weight is 276 g/mol. The fraction of sp³-hybridized carbons (Fsp3) is 1.00. The van der Waals surface area contributed by atoms with Crippen LogP contribution < -0.4 is 5.73 Å². The second kappa shape index (κ2) is 5.86. The fourth-order valence-electron chi connectivity index (χ4n) is 2.87. The molecule has 2 fully saturated rings. The van der Waals surface area contributed by atoms with Gasteiger partial charge in [0.2, 0.25) is 0 Å². The van der Waals surface area contributed by atoms with Gasteiger partial charge < -0.3 is 10.5 Å².